The number of halogens is 1. The Morgan fingerprint density at radius 1 is 1.24 bits per heavy atom. The first-order valence-electron chi connectivity index (χ1n) is 6.81. The van der Waals surface area contributed by atoms with Crippen LogP contribution in [0.1, 0.15) is 23.7 Å². The highest BCUT2D eigenvalue weighted by Gasteiger charge is 2.33. The Morgan fingerprint density at radius 3 is 2.76 bits per heavy atom. The van der Waals surface area contributed by atoms with Crippen molar-refractivity contribution >= 4 is 21.6 Å². The highest BCUT2D eigenvalue weighted by atomic mass is 35.5. The number of benzene rings is 1. The molecule has 4 nitrogen and oxygen atoms in total. The van der Waals surface area contributed by atoms with Gasteiger partial charge in [-0.1, -0.05) is 29.8 Å². The van der Waals surface area contributed by atoms with Crippen LogP contribution in [0.5, 0.6) is 0 Å². The van der Waals surface area contributed by atoms with Crippen LogP contribution in [0.4, 0.5) is 0 Å². The van der Waals surface area contributed by atoms with Crippen LogP contribution in [-0.2, 0) is 15.8 Å². The minimum atomic E-state index is -3.35. The summed E-state index contributed by atoms with van der Waals surface area (Å²) in [6, 6.07) is 10.8. The fourth-order valence-electron chi connectivity index (χ4n) is 2.64. The molecule has 1 aliphatic heterocycles. The second-order valence-electron chi connectivity index (χ2n) is 5.21. The lowest BCUT2D eigenvalue weighted by atomic mass is 10.1. The van der Waals surface area contributed by atoms with E-state index in [1.807, 2.05) is 12.1 Å². The van der Waals surface area contributed by atoms with Crippen molar-refractivity contribution in [3.05, 3.63) is 59.0 Å². The average molecular weight is 326 g/mol. The Kier molecular flexibility index (Phi) is 4.06. The molecule has 2 aromatic rings. The zero-order chi connectivity index (χ0) is 14.9. The zero-order valence-electron chi connectivity index (χ0n) is 11.4. The molecule has 1 aliphatic rings. The molecular weight excluding hydrogens is 310 g/mol. The van der Waals surface area contributed by atoms with Gasteiger partial charge in [-0.15, -0.1) is 0 Å². The first-order valence-corrected chi connectivity index (χ1v) is 8.79. The quantitative estimate of drug-likeness (QED) is 0.867. The second-order valence-corrected chi connectivity index (χ2v) is 7.58. The lowest BCUT2D eigenvalue weighted by molar-refractivity contribution is 0.444. The van der Waals surface area contributed by atoms with E-state index >= 15 is 0 Å². The van der Waals surface area contributed by atoms with Crippen LogP contribution in [0.25, 0.3) is 0 Å². The summed E-state index contributed by atoms with van der Waals surface area (Å²) >= 11 is 6.05. The van der Waals surface area contributed by atoms with Gasteiger partial charge in [0.2, 0.25) is 10.0 Å². The lowest BCUT2D eigenvalue weighted by Crippen LogP contribution is -2.29. The zero-order valence-corrected chi connectivity index (χ0v) is 13.0. The van der Waals surface area contributed by atoms with Crippen LogP contribution in [0.3, 0.4) is 0 Å². The molecule has 0 radical (unpaired) electrons. The molecule has 0 saturated carbocycles. The third-order valence-corrected chi connectivity index (χ3v) is 5.95. The van der Waals surface area contributed by atoms with E-state index in [4.69, 9.17) is 16.0 Å². The van der Waals surface area contributed by atoms with Gasteiger partial charge >= 0.3 is 0 Å². The summed E-state index contributed by atoms with van der Waals surface area (Å²) in [7, 11) is -3.35. The summed E-state index contributed by atoms with van der Waals surface area (Å²) in [5, 5.41) is 0.489. The first-order chi connectivity index (χ1) is 10.1. The molecular formula is C15H16ClNO3S. The molecule has 0 spiro atoms. The van der Waals surface area contributed by atoms with Gasteiger partial charge < -0.3 is 4.42 Å². The van der Waals surface area contributed by atoms with E-state index in [2.05, 4.69) is 0 Å². The van der Waals surface area contributed by atoms with Crippen molar-refractivity contribution < 1.29 is 12.8 Å². The molecule has 1 atom stereocenters. The highest BCUT2D eigenvalue weighted by Crippen LogP contribution is 2.30. The summed E-state index contributed by atoms with van der Waals surface area (Å²) in [6.45, 7) is 0.998. The third kappa shape index (κ3) is 3.15. The van der Waals surface area contributed by atoms with Crippen molar-refractivity contribution in [3.63, 3.8) is 0 Å². The fourth-order valence-corrected chi connectivity index (χ4v) is 4.54. The molecule has 112 valence electrons. The minimum Gasteiger partial charge on any atom is -0.469 e. The van der Waals surface area contributed by atoms with Crippen LogP contribution in [0.2, 0.25) is 5.02 Å². The molecule has 0 N–H and O–H groups in total. The van der Waals surface area contributed by atoms with Crippen molar-refractivity contribution in [2.75, 3.05) is 13.1 Å². The predicted octanol–water partition coefficient (Wildman–Crippen LogP) is 3.25. The topological polar surface area (TPSA) is 50.5 Å². The third-order valence-electron chi connectivity index (χ3n) is 3.79. The van der Waals surface area contributed by atoms with E-state index in [1.165, 1.54) is 4.31 Å². The van der Waals surface area contributed by atoms with Crippen molar-refractivity contribution in [1.29, 1.82) is 0 Å². The fraction of sp³-hybridized carbons (Fsp3) is 0.333. The lowest BCUT2D eigenvalue weighted by Gasteiger charge is -2.16. The largest absolute Gasteiger partial charge is 0.469 e. The number of nitrogens with zero attached hydrogens (tertiary/aromatic N) is 1. The monoisotopic (exact) mass is 325 g/mol. The standard InChI is InChI=1S/C15H16ClNO3S/c16-14-5-2-1-4-13(14)11-21(18,19)17-8-7-12(10-17)15-6-3-9-20-15/h1-6,9,12H,7-8,10-11H2. The van der Waals surface area contributed by atoms with E-state index in [1.54, 1.807) is 30.5 Å². The predicted molar refractivity (Wildman–Crippen MR) is 81.7 cm³/mol. The molecule has 1 aromatic heterocycles. The summed E-state index contributed by atoms with van der Waals surface area (Å²) in [6.07, 6.45) is 2.41. The van der Waals surface area contributed by atoms with Crippen LogP contribution in [-0.4, -0.2) is 25.8 Å². The van der Waals surface area contributed by atoms with Gasteiger partial charge in [0.25, 0.3) is 0 Å². The Morgan fingerprint density at radius 2 is 2.05 bits per heavy atom. The van der Waals surface area contributed by atoms with Gasteiger partial charge in [0.05, 0.1) is 12.0 Å². The Labute approximate surface area is 129 Å². The van der Waals surface area contributed by atoms with Crippen LogP contribution >= 0.6 is 11.6 Å². The molecule has 1 aromatic carbocycles. The van der Waals surface area contributed by atoms with E-state index in [9.17, 15) is 8.42 Å². The van der Waals surface area contributed by atoms with Gasteiger partial charge in [0.1, 0.15) is 5.76 Å². The van der Waals surface area contributed by atoms with E-state index < -0.39 is 10.0 Å². The summed E-state index contributed by atoms with van der Waals surface area (Å²) in [5.74, 6) is 0.934. The number of rotatable bonds is 4. The van der Waals surface area contributed by atoms with Crippen molar-refractivity contribution in [3.8, 4) is 0 Å². The maximum Gasteiger partial charge on any atom is 0.218 e. The van der Waals surface area contributed by atoms with Crippen molar-refractivity contribution in [2.45, 2.75) is 18.1 Å². The van der Waals surface area contributed by atoms with Gasteiger partial charge in [-0.05, 0) is 30.2 Å². The van der Waals surface area contributed by atoms with E-state index in [0.717, 1.165) is 12.2 Å². The van der Waals surface area contributed by atoms with Crippen LogP contribution in [0, 0.1) is 0 Å². The Bertz CT molecular complexity index is 712. The minimum absolute atomic E-state index is 0.0580. The normalized spacial score (nSPS) is 20.0. The summed E-state index contributed by atoms with van der Waals surface area (Å²) < 4.78 is 31.9. The van der Waals surface area contributed by atoms with Crippen molar-refractivity contribution in [1.82, 2.24) is 4.31 Å². The van der Waals surface area contributed by atoms with Gasteiger partial charge in [-0.2, -0.15) is 0 Å². The molecule has 1 saturated heterocycles. The molecule has 6 heteroatoms. The number of hydrogen-bond donors (Lipinski definition) is 0. The van der Waals surface area contributed by atoms with Crippen molar-refractivity contribution in [2.24, 2.45) is 0 Å². The van der Waals surface area contributed by atoms with E-state index in [0.29, 0.717) is 23.7 Å². The molecule has 1 fully saturated rings. The van der Waals surface area contributed by atoms with E-state index in [-0.39, 0.29) is 11.7 Å². The molecule has 1 unspecified atom stereocenters. The van der Waals surface area contributed by atoms with Gasteiger partial charge in [-0.25, -0.2) is 12.7 Å². The van der Waals surface area contributed by atoms with Crippen LogP contribution < -0.4 is 0 Å². The second kappa shape index (κ2) is 5.83. The number of sulfonamides is 1. The van der Waals surface area contributed by atoms with Gasteiger partial charge in [-0.3, -0.25) is 0 Å². The van der Waals surface area contributed by atoms with Gasteiger partial charge in [0.15, 0.2) is 0 Å². The maximum absolute atomic E-state index is 12.5. The number of furan rings is 1. The molecule has 0 aliphatic carbocycles. The molecule has 21 heavy (non-hydrogen) atoms. The summed E-state index contributed by atoms with van der Waals surface area (Å²) in [5.41, 5.74) is 0.639. The molecule has 0 amide bonds. The van der Waals surface area contributed by atoms with Gasteiger partial charge in [0, 0.05) is 24.0 Å². The molecule has 3 rings (SSSR count). The molecule has 0 bridgehead atoms. The first kappa shape index (κ1) is 14.6. The average Bonchev–Trinajstić information content (AvgIpc) is 3.11. The van der Waals surface area contributed by atoms with Crippen LogP contribution in [0.15, 0.2) is 47.1 Å². The Balaban J connectivity index is 1.73. The smallest absolute Gasteiger partial charge is 0.218 e. The Hall–Kier alpha value is -1.30. The SMILES string of the molecule is O=S(=O)(Cc1ccccc1Cl)N1CCC(c2ccco2)C1. The maximum atomic E-state index is 12.5. The highest BCUT2D eigenvalue weighted by molar-refractivity contribution is 7.88. The molecule has 2 heterocycles. The number of hydrogen-bond acceptors (Lipinski definition) is 3. The summed E-state index contributed by atoms with van der Waals surface area (Å²) in [4.78, 5) is 0.